The van der Waals surface area contributed by atoms with Crippen LogP contribution in [0.1, 0.15) is 56.3 Å². The maximum Gasteiger partial charge on any atom is 0.222 e. The lowest BCUT2D eigenvalue weighted by molar-refractivity contribution is -0.132. The third-order valence-electron chi connectivity index (χ3n) is 5.03. The number of aromatic nitrogens is 4. The molecule has 0 aromatic carbocycles. The molecule has 136 valence electrons. The van der Waals surface area contributed by atoms with E-state index in [0.717, 1.165) is 50.3 Å². The number of nitrogens with zero attached hydrogens (tertiary/aromatic N) is 5. The Labute approximate surface area is 149 Å². The Hall–Kier alpha value is -2.11. The highest BCUT2D eigenvalue weighted by molar-refractivity contribution is 5.76. The van der Waals surface area contributed by atoms with Crippen LogP contribution in [0.4, 0.5) is 0 Å². The Morgan fingerprint density at radius 3 is 3.04 bits per heavy atom. The van der Waals surface area contributed by atoms with Crippen LogP contribution < -0.4 is 0 Å². The average Bonchev–Trinajstić information content (AvgIpc) is 3.26. The summed E-state index contributed by atoms with van der Waals surface area (Å²) < 4.78 is 4.06. The molecular weight excluding hydrogens is 314 g/mol. The summed E-state index contributed by atoms with van der Waals surface area (Å²) in [5, 5.41) is 4.17. The van der Waals surface area contributed by atoms with Crippen molar-refractivity contribution >= 4 is 5.91 Å². The molecule has 25 heavy (non-hydrogen) atoms. The van der Waals surface area contributed by atoms with Gasteiger partial charge in [0.15, 0.2) is 0 Å². The smallest absolute Gasteiger partial charge is 0.222 e. The largest absolute Gasteiger partial charge is 0.342 e. The van der Waals surface area contributed by atoms with Crippen molar-refractivity contribution in [3.63, 3.8) is 0 Å². The third-order valence-corrected chi connectivity index (χ3v) is 5.03. The van der Waals surface area contributed by atoms with E-state index in [-0.39, 0.29) is 5.91 Å². The standard InChI is InChI=1S/C19H29N5O/c1-3-4-10-23-12-9-20-19(23)17-6-5-11-24(15-17)18(25)8-7-16-13-21-22(2)14-16/h9,12-14,17H,3-8,10-11,15H2,1-2H3/t17-/m0/s1. The summed E-state index contributed by atoms with van der Waals surface area (Å²) in [7, 11) is 1.90. The zero-order valence-electron chi connectivity index (χ0n) is 15.4. The fourth-order valence-corrected chi connectivity index (χ4v) is 3.62. The molecule has 3 heterocycles. The molecule has 1 atom stereocenters. The molecular formula is C19H29N5O. The van der Waals surface area contributed by atoms with Crippen LogP contribution in [-0.4, -0.2) is 43.2 Å². The molecule has 3 rings (SSSR count). The van der Waals surface area contributed by atoms with E-state index in [1.54, 1.807) is 4.68 Å². The van der Waals surface area contributed by atoms with Crippen molar-refractivity contribution in [3.05, 3.63) is 36.2 Å². The van der Waals surface area contributed by atoms with E-state index in [9.17, 15) is 4.79 Å². The third kappa shape index (κ3) is 4.50. The summed E-state index contributed by atoms with van der Waals surface area (Å²) in [6.45, 7) is 4.91. The molecule has 0 saturated carbocycles. The van der Waals surface area contributed by atoms with Gasteiger partial charge >= 0.3 is 0 Å². The van der Waals surface area contributed by atoms with Crippen molar-refractivity contribution in [2.24, 2.45) is 7.05 Å². The molecule has 0 unspecified atom stereocenters. The van der Waals surface area contributed by atoms with Gasteiger partial charge in [-0.25, -0.2) is 4.98 Å². The molecule has 0 bridgehead atoms. The van der Waals surface area contributed by atoms with E-state index in [4.69, 9.17) is 0 Å². The SMILES string of the molecule is CCCCn1ccnc1[C@H]1CCCN(C(=O)CCc2cnn(C)c2)C1. The normalized spacial score (nSPS) is 17.8. The van der Waals surface area contributed by atoms with Crippen LogP contribution >= 0.6 is 0 Å². The van der Waals surface area contributed by atoms with Gasteiger partial charge in [-0.05, 0) is 31.2 Å². The Morgan fingerprint density at radius 2 is 2.28 bits per heavy atom. The fraction of sp³-hybridized carbons (Fsp3) is 0.632. The second kappa shape index (κ2) is 8.32. The topological polar surface area (TPSA) is 56.0 Å². The van der Waals surface area contributed by atoms with Crippen molar-refractivity contribution in [2.75, 3.05) is 13.1 Å². The lowest BCUT2D eigenvalue weighted by atomic mass is 9.96. The number of imidazole rings is 1. The molecule has 0 N–H and O–H groups in total. The van der Waals surface area contributed by atoms with Crippen LogP contribution in [0, 0.1) is 0 Å². The summed E-state index contributed by atoms with van der Waals surface area (Å²) >= 11 is 0. The number of carbonyl (C=O) groups is 1. The van der Waals surface area contributed by atoms with E-state index in [1.165, 1.54) is 12.8 Å². The highest BCUT2D eigenvalue weighted by atomic mass is 16.2. The Bertz CT molecular complexity index is 690. The lowest BCUT2D eigenvalue weighted by Crippen LogP contribution is -2.39. The number of amides is 1. The molecule has 0 aliphatic carbocycles. The maximum absolute atomic E-state index is 12.6. The minimum atomic E-state index is 0.250. The van der Waals surface area contributed by atoms with Crippen molar-refractivity contribution in [1.82, 2.24) is 24.2 Å². The molecule has 6 heteroatoms. The minimum absolute atomic E-state index is 0.250. The summed E-state index contributed by atoms with van der Waals surface area (Å²) in [5.41, 5.74) is 1.12. The van der Waals surface area contributed by atoms with Crippen LogP contribution in [0.15, 0.2) is 24.8 Å². The summed E-state index contributed by atoms with van der Waals surface area (Å²) in [4.78, 5) is 19.2. The van der Waals surface area contributed by atoms with Crippen LogP contribution in [0.5, 0.6) is 0 Å². The number of hydrogen-bond donors (Lipinski definition) is 0. The van der Waals surface area contributed by atoms with Crippen LogP contribution in [0.25, 0.3) is 0 Å². The lowest BCUT2D eigenvalue weighted by Gasteiger charge is -2.33. The number of aryl methyl sites for hydroxylation is 3. The quantitative estimate of drug-likeness (QED) is 0.777. The van der Waals surface area contributed by atoms with Crippen molar-refractivity contribution in [2.45, 2.75) is 57.9 Å². The van der Waals surface area contributed by atoms with Crippen LogP contribution in [0.2, 0.25) is 0 Å². The number of carbonyl (C=O) groups excluding carboxylic acids is 1. The van der Waals surface area contributed by atoms with E-state index in [2.05, 4.69) is 27.8 Å². The Balaban J connectivity index is 1.57. The first-order chi connectivity index (χ1) is 12.2. The average molecular weight is 343 g/mol. The Morgan fingerprint density at radius 1 is 1.40 bits per heavy atom. The van der Waals surface area contributed by atoms with Gasteiger partial charge in [-0.15, -0.1) is 0 Å². The molecule has 0 radical (unpaired) electrons. The van der Waals surface area contributed by atoms with Gasteiger partial charge in [0.2, 0.25) is 5.91 Å². The van der Waals surface area contributed by atoms with Crippen molar-refractivity contribution in [1.29, 1.82) is 0 Å². The number of hydrogen-bond acceptors (Lipinski definition) is 3. The van der Waals surface area contributed by atoms with E-state index >= 15 is 0 Å². The summed E-state index contributed by atoms with van der Waals surface area (Å²) in [6, 6.07) is 0. The maximum atomic E-state index is 12.6. The molecule has 6 nitrogen and oxygen atoms in total. The molecule has 0 spiro atoms. The predicted octanol–water partition coefficient (Wildman–Crippen LogP) is 2.76. The van der Waals surface area contributed by atoms with E-state index < -0.39 is 0 Å². The molecule has 2 aromatic heterocycles. The first-order valence-corrected chi connectivity index (χ1v) is 9.43. The molecule has 1 saturated heterocycles. The summed E-state index contributed by atoms with van der Waals surface area (Å²) in [5.74, 6) is 1.77. The minimum Gasteiger partial charge on any atom is -0.342 e. The van der Waals surface area contributed by atoms with Crippen molar-refractivity contribution < 1.29 is 4.79 Å². The fourth-order valence-electron chi connectivity index (χ4n) is 3.62. The van der Waals surface area contributed by atoms with Gasteiger partial charge < -0.3 is 9.47 Å². The molecule has 1 amide bonds. The zero-order valence-corrected chi connectivity index (χ0v) is 15.4. The van der Waals surface area contributed by atoms with Crippen LogP contribution in [0.3, 0.4) is 0 Å². The van der Waals surface area contributed by atoms with Gasteiger partial charge in [-0.3, -0.25) is 9.48 Å². The second-order valence-corrected chi connectivity index (χ2v) is 7.03. The molecule has 1 aliphatic heterocycles. The monoisotopic (exact) mass is 343 g/mol. The molecule has 1 fully saturated rings. The van der Waals surface area contributed by atoms with Gasteiger partial charge in [0.1, 0.15) is 5.82 Å². The first kappa shape index (κ1) is 17.7. The number of rotatable bonds is 7. The van der Waals surface area contributed by atoms with Crippen molar-refractivity contribution in [3.8, 4) is 0 Å². The molecule has 1 aliphatic rings. The highest BCUT2D eigenvalue weighted by Crippen LogP contribution is 2.26. The van der Waals surface area contributed by atoms with Crippen LogP contribution in [-0.2, 0) is 24.8 Å². The van der Waals surface area contributed by atoms with Gasteiger partial charge in [-0.1, -0.05) is 13.3 Å². The van der Waals surface area contributed by atoms with Gasteiger partial charge in [0.05, 0.1) is 6.20 Å². The van der Waals surface area contributed by atoms with E-state index in [0.29, 0.717) is 12.3 Å². The first-order valence-electron chi connectivity index (χ1n) is 9.43. The number of likely N-dealkylation sites (tertiary alicyclic amines) is 1. The number of unbranched alkanes of at least 4 members (excludes halogenated alkanes) is 1. The highest BCUT2D eigenvalue weighted by Gasteiger charge is 2.27. The summed E-state index contributed by atoms with van der Waals surface area (Å²) in [6.07, 6.45) is 13.7. The van der Waals surface area contributed by atoms with E-state index in [1.807, 2.05) is 30.5 Å². The predicted molar refractivity (Wildman–Crippen MR) is 97.2 cm³/mol. The van der Waals surface area contributed by atoms with Gasteiger partial charge in [0, 0.05) is 57.6 Å². The van der Waals surface area contributed by atoms with Gasteiger partial charge in [0.25, 0.3) is 0 Å². The molecule has 2 aromatic rings. The zero-order chi connectivity index (χ0) is 17.6. The second-order valence-electron chi connectivity index (χ2n) is 7.03. The number of piperidine rings is 1. The Kier molecular flexibility index (Phi) is 5.89. The van der Waals surface area contributed by atoms with Gasteiger partial charge in [-0.2, -0.15) is 5.10 Å².